The first-order valence-electron chi connectivity index (χ1n) is 9.23. The summed E-state index contributed by atoms with van der Waals surface area (Å²) in [6.07, 6.45) is 25.8. The monoisotopic (exact) mass is 479 g/mol. The Morgan fingerprint density at radius 1 is 0.560 bits per heavy atom. The van der Waals surface area contributed by atoms with Gasteiger partial charge in [0, 0.05) is 0 Å². The first kappa shape index (κ1) is 24.8. The Labute approximate surface area is 188 Å². The van der Waals surface area contributed by atoms with E-state index in [0.717, 1.165) is 19.3 Å². The third kappa shape index (κ3) is 10.5. The van der Waals surface area contributed by atoms with Crippen LogP contribution in [0.1, 0.15) is 60.8 Å². The predicted molar refractivity (Wildman–Crippen MR) is 106 cm³/mol. The largest absolute Gasteiger partial charge is 3.00 e. The fraction of sp³-hybridized carbons (Fsp3) is 0.500. The summed E-state index contributed by atoms with van der Waals surface area (Å²) in [4.78, 5) is 0. The number of hydrogen-bond acceptors (Lipinski definition) is 0. The smallest absolute Gasteiger partial charge is 0.269 e. The molecule has 1 radical (unpaired) electrons. The van der Waals surface area contributed by atoms with Crippen molar-refractivity contribution in [3.05, 3.63) is 71.4 Å². The molecule has 0 fully saturated rings. The summed E-state index contributed by atoms with van der Waals surface area (Å²) in [5.74, 6) is 1.98. The summed E-state index contributed by atoms with van der Waals surface area (Å²) in [6, 6.07) is 0. The van der Waals surface area contributed by atoms with E-state index in [2.05, 4.69) is 96.2 Å². The molecule has 0 heterocycles. The SMILES string of the molecule is CC(C)C1=[C-]CC=C1.CC(C)C1=[C-]CC=C1.CC(C)C1=[C-]CC=C1.[Gd+3]. The van der Waals surface area contributed by atoms with Gasteiger partial charge >= 0.3 is 39.9 Å². The standard InChI is InChI=1S/3C8H11.Gd/c3*1-7(2)8-5-3-4-6-8;/h3*3,5,7H,4H2,1-2H3;/q3*-1;+3. The van der Waals surface area contributed by atoms with Crippen LogP contribution in [0.2, 0.25) is 0 Å². The molecule has 137 valence electrons. The van der Waals surface area contributed by atoms with Crippen LogP contribution in [0.5, 0.6) is 0 Å². The van der Waals surface area contributed by atoms with E-state index < -0.39 is 0 Å². The minimum atomic E-state index is 0. The van der Waals surface area contributed by atoms with Crippen molar-refractivity contribution >= 4 is 0 Å². The molecule has 0 N–H and O–H groups in total. The van der Waals surface area contributed by atoms with Crippen LogP contribution in [0, 0.1) is 75.9 Å². The quantitative estimate of drug-likeness (QED) is 0.383. The fourth-order valence-corrected chi connectivity index (χ4v) is 2.45. The molecular weight excluding hydrogens is 446 g/mol. The molecule has 3 aliphatic carbocycles. The van der Waals surface area contributed by atoms with Crippen molar-refractivity contribution in [3.63, 3.8) is 0 Å². The molecule has 0 saturated carbocycles. The Kier molecular flexibility index (Phi) is 13.8. The first-order chi connectivity index (χ1) is 11.4. The van der Waals surface area contributed by atoms with E-state index in [9.17, 15) is 0 Å². The van der Waals surface area contributed by atoms with E-state index in [-0.39, 0.29) is 39.9 Å². The normalized spacial score (nSPS) is 16.9. The van der Waals surface area contributed by atoms with Gasteiger partial charge in [0.1, 0.15) is 0 Å². The summed E-state index contributed by atoms with van der Waals surface area (Å²) in [7, 11) is 0. The van der Waals surface area contributed by atoms with E-state index in [4.69, 9.17) is 0 Å². The van der Waals surface area contributed by atoms with Crippen LogP contribution < -0.4 is 0 Å². The number of hydrogen-bond donors (Lipinski definition) is 0. The number of allylic oxidation sites excluding steroid dienone is 12. The maximum absolute atomic E-state index is 3.26. The van der Waals surface area contributed by atoms with Crippen LogP contribution in [-0.2, 0) is 0 Å². The second kappa shape index (κ2) is 13.9. The maximum atomic E-state index is 3.26. The van der Waals surface area contributed by atoms with Crippen molar-refractivity contribution in [1.82, 2.24) is 0 Å². The van der Waals surface area contributed by atoms with E-state index in [1.807, 2.05) is 0 Å². The van der Waals surface area contributed by atoms with Crippen molar-refractivity contribution < 1.29 is 39.9 Å². The minimum absolute atomic E-state index is 0. The molecule has 0 saturated heterocycles. The van der Waals surface area contributed by atoms with Gasteiger partial charge in [-0.15, -0.1) is 19.3 Å². The van der Waals surface area contributed by atoms with Crippen molar-refractivity contribution in [1.29, 1.82) is 0 Å². The van der Waals surface area contributed by atoms with Gasteiger partial charge in [-0.25, -0.2) is 34.9 Å². The Morgan fingerprint density at radius 2 is 0.800 bits per heavy atom. The summed E-state index contributed by atoms with van der Waals surface area (Å²) in [5.41, 5.74) is 4.10. The molecule has 0 aromatic rings. The third-order valence-electron chi connectivity index (χ3n) is 4.03. The zero-order chi connectivity index (χ0) is 17.9. The van der Waals surface area contributed by atoms with Gasteiger partial charge in [-0.05, 0) is 0 Å². The van der Waals surface area contributed by atoms with E-state index in [0.29, 0.717) is 17.8 Å². The maximum Gasteiger partial charge on any atom is 3.00 e. The zero-order valence-electron chi connectivity index (χ0n) is 16.7. The first-order valence-corrected chi connectivity index (χ1v) is 9.23. The van der Waals surface area contributed by atoms with Gasteiger partial charge in [0.25, 0.3) is 0 Å². The van der Waals surface area contributed by atoms with Gasteiger partial charge in [0.2, 0.25) is 0 Å². The molecular formula is C24H33Gd. The van der Waals surface area contributed by atoms with Crippen LogP contribution in [0.25, 0.3) is 0 Å². The Bertz CT molecular complexity index is 468. The third-order valence-corrected chi connectivity index (χ3v) is 4.03. The van der Waals surface area contributed by atoms with Crippen LogP contribution in [0.15, 0.2) is 53.2 Å². The molecule has 0 spiro atoms. The molecule has 0 bridgehead atoms. The van der Waals surface area contributed by atoms with Crippen LogP contribution in [-0.4, -0.2) is 0 Å². The Morgan fingerprint density at radius 3 is 0.880 bits per heavy atom. The van der Waals surface area contributed by atoms with Gasteiger partial charge in [-0.2, -0.15) is 18.2 Å². The predicted octanol–water partition coefficient (Wildman–Crippen LogP) is 7.00. The molecule has 3 rings (SSSR count). The molecule has 1 heteroatoms. The molecule has 0 aromatic heterocycles. The van der Waals surface area contributed by atoms with Gasteiger partial charge in [0.15, 0.2) is 0 Å². The molecule has 0 amide bonds. The summed E-state index contributed by atoms with van der Waals surface area (Å²) in [6.45, 7) is 13.2. The summed E-state index contributed by atoms with van der Waals surface area (Å²) in [5, 5.41) is 0. The van der Waals surface area contributed by atoms with Gasteiger partial charge in [0.05, 0.1) is 0 Å². The molecule has 25 heavy (non-hydrogen) atoms. The molecule has 0 aromatic carbocycles. The van der Waals surface area contributed by atoms with Crippen LogP contribution in [0.4, 0.5) is 0 Å². The molecule has 3 aliphatic rings. The second-order valence-corrected chi connectivity index (χ2v) is 7.18. The second-order valence-electron chi connectivity index (χ2n) is 7.18. The molecule has 0 unspecified atom stereocenters. The van der Waals surface area contributed by atoms with E-state index >= 15 is 0 Å². The van der Waals surface area contributed by atoms with Crippen molar-refractivity contribution in [2.24, 2.45) is 17.8 Å². The Balaban J connectivity index is 0.000000339. The Hall–Kier alpha value is -0.235. The average molecular weight is 479 g/mol. The zero-order valence-corrected chi connectivity index (χ0v) is 18.9. The van der Waals surface area contributed by atoms with Gasteiger partial charge < -0.3 is 0 Å². The van der Waals surface area contributed by atoms with Crippen molar-refractivity contribution in [2.45, 2.75) is 60.8 Å². The average Bonchev–Trinajstić information content (AvgIpc) is 3.29. The molecule has 0 atom stereocenters. The van der Waals surface area contributed by atoms with Crippen LogP contribution >= 0.6 is 0 Å². The van der Waals surface area contributed by atoms with Crippen LogP contribution in [0.3, 0.4) is 0 Å². The molecule has 0 aliphatic heterocycles. The fourth-order valence-electron chi connectivity index (χ4n) is 2.45. The van der Waals surface area contributed by atoms with Gasteiger partial charge in [-0.1, -0.05) is 59.3 Å². The summed E-state index contributed by atoms with van der Waals surface area (Å²) >= 11 is 0. The van der Waals surface area contributed by atoms with Crippen molar-refractivity contribution in [2.75, 3.05) is 0 Å². The van der Waals surface area contributed by atoms with E-state index in [1.54, 1.807) is 0 Å². The number of rotatable bonds is 3. The topological polar surface area (TPSA) is 0 Å². The summed E-state index contributed by atoms with van der Waals surface area (Å²) < 4.78 is 0. The van der Waals surface area contributed by atoms with E-state index in [1.165, 1.54) is 16.7 Å². The minimum Gasteiger partial charge on any atom is -0.269 e. The molecule has 0 nitrogen and oxygen atoms in total. The van der Waals surface area contributed by atoms with Gasteiger partial charge in [-0.3, -0.25) is 18.2 Å². The van der Waals surface area contributed by atoms with Crippen molar-refractivity contribution in [3.8, 4) is 0 Å².